The van der Waals surface area contributed by atoms with Crippen molar-refractivity contribution in [2.24, 2.45) is 0 Å². The first-order chi connectivity index (χ1) is 15.9. The van der Waals surface area contributed by atoms with Crippen molar-refractivity contribution in [1.82, 2.24) is 19.4 Å². The van der Waals surface area contributed by atoms with Gasteiger partial charge in [-0.25, -0.2) is 15.0 Å². The topological polar surface area (TPSA) is 107 Å². The molecule has 1 atom stereocenters. The monoisotopic (exact) mass is 442 g/mol. The molecule has 33 heavy (non-hydrogen) atoms. The molecule has 3 aromatic heterocycles. The van der Waals surface area contributed by atoms with Crippen molar-refractivity contribution in [2.75, 3.05) is 17.7 Å². The van der Waals surface area contributed by atoms with E-state index in [2.05, 4.69) is 29.1 Å². The van der Waals surface area contributed by atoms with Gasteiger partial charge in [-0.05, 0) is 51.0 Å². The first-order valence-electron chi connectivity index (χ1n) is 11.0. The van der Waals surface area contributed by atoms with E-state index in [1.807, 2.05) is 28.8 Å². The third-order valence-corrected chi connectivity index (χ3v) is 6.00. The lowest BCUT2D eigenvalue weighted by molar-refractivity contribution is -0.0603. The van der Waals surface area contributed by atoms with Gasteiger partial charge in [0, 0.05) is 42.2 Å². The van der Waals surface area contributed by atoms with Crippen molar-refractivity contribution in [3.05, 3.63) is 72.4 Å². The van der Waals surface area contributed by atoms with Crippen LogP contribution in [-0.4, -0.2) is 37.5 Å². The number of nitrogens with zero attached hydrogens (tertiary/aromatic N) is 4. The maximum Gasteiger partial charge on any atom is 0.256 e. The first kappa shape index (κ1) is 21.1. The van der Waals surface area contributed by atoms with Gasteiger partial charge >= 0.3 is 0 Å². The van der Waals surface area contributed by atoms with Crippen molar-refractivity contribution in [3.8, 4) is 11.3 Å². The minimum Gasteiger partial charge on any atom is -0.382 e. The van der Waals surface area contributed by atoms with Gasteiger partial charge in [-0.2, -0.15) is 0 Å². The molecular weight excluding hydrogens is 416 g/mol. The highest BCUT2D eigenvalue weighted by Crippen LogP contribution is 2.38. The predicted octanol–water partition coefficient (Wildman–Crippen LogP) is 4.30. The Morgan fingerprint density at radius 1 is 1.15 bits per heavy atom. The molecule has 0 aliphatic carbocycles. The highest BCUT2D eigenvalue weighted by Gasteiger charge is 2.33. The van der Waals surface area contributed by atoms with Gasteiger partial charge in [0.1, 0.15) is 28.7 Å². The number of hydrogen-bond acceptors (Lipinski definition) is 6. The molecule has 3 N–H and O–H groups in total. The van der Waals surface area contributed by atoms with Crippen LogP contribution in [0.2, 0.25) is 0 Å². The number of carbonyl (C=O) groups excluding carboxylic acids is 1. The maximum atomic E-state index is 12.6. The van der Waals surface area contributed by atoms with Crippen LogP contribution in [0.4, 0.5) is 11.6 Å². The van der Waals surface area contributed by atoms with Gasteiger partial charge in [-0.1, -0.05) is 18.2 Å². The number of imidazole rings is 1. The molecule has 0 radical (unpaired) electrons. The van der Waals surface area contributed by atoms with E-state index < -0.39 is 0 Å². The van der Waals surface area contributed by atoms with Crippen LogP contribution in [0.5, 0.6) is 0 Å². The molecule has 1 unspecified atom stereocenters. The third kappa shape index (κ3) is 4.17. The standard InChI is InChI=1S/C25H26N6O2/c1-25(2)15-18(10-14-33-25)23-30-20(21-22(26)28-12-13-31(21)23)16-6-8-17(9-7-16)24(32)29-19-5-3-4-11-27-19/h3-9,11-13,18H,10,14-15H2,1-2H3,(H2,26,28)(H,27,29,32). The number of fused-ring (bicyclic) bond motifs is 1. The van der Waals surface area contributed by atoms with Crippen molar-refractivity contribution in [1.29, 1.82) is 0 Å². The molecule has 5 rings (SSSR count). The zero-order chi connectivity index (χ0) is 23.0. The molecule has 4 heterocycles. The number of amides is 1. The van der Waals surface area contributed by atoms with E-state index >= 15 is 0 Å². The second-order valence-corrected chi connectivity index (χ2v) is 8.89. The SMILES string of the molecule is CC1(C)CC(c2nc(-c3ccc(C(=O)Nc4ccccn4)cc3)c3c(N)nccn23)CCO1. The molecule has 168 valence electrons. The lowest BCUT2D eigenvalue weighted by Gasteiger charge is -2.34. The van der Waals surface area contributed by atoms with Crippen molar-refractivity contribution in [2.45, 2.75) is 38.2 Å². The summed E-state index contributed by atoms with van der Waals surface area (Å²) in [6.45, 7) is 4.92. The number of ether oxygens (including phenoxy) is 1. The number of aromatic nitrogens is 4. The zero-order valence-electron chi connectivity index (χ0n) is 18.7. The van der Waals surface area contributed by atoms with Crippen molar-refractivity contribution < 1.29 is 9.53 Å². The number of benzene rings is 1. The third-order valence-electron chi connectivity index (χ3n) is 6.00. The number of pyridine rings is 1. The molecule has 0 spiro atoms. The minimum absolute atomic E-state index is 0.198. The summed E-state index contributed by atoms with van der Waals surface area (Å²) in [5.74, 6) is 1.92. The van der Waals surface area contributed by atoms with Crippen molar-refractivity contribution >= 4 is 23.1 Å². The number of nitrogen functional groups attached to an aromatic ring is 1. The van der Waals surface area contributed by atoms with Gasteiger partial charge in [0.15, 0.2) is 0 Å². The van der Waals surface area contributed by atoms with Crippen LogP contribution >= 0.6 is 0 Å². The van der Waals surface area contributed by atoms with Crippen LogP contribution in [0.15, 0.2) is 61.1 Å². The maximum absolute atomic E-state index is 12.6. The Labute approximate surface area is 191 Å². The average molecular weight is 443 g/mol. The minimum atomic E-state index is -0.221. The molecule has 1 aliphatic heterocycles. The molecule has 1 aliphatic rings. The number of carbonyl (C=O) groups is 1. The van der Waals surface area contributed by atoms with Crippen molar-refractivity contribution in [3.63, 3.8) is 0 Å². The summed E-state index contributed by atoms with van der Waals surface area (Å²) < 4.78 is 7.95. The number of nitrogens with two attached hydrogens (primary N) is 1. The highest BCUT2D eigenvalue weighted by molar-refractivity contribution is 6.04. The fraction of sp³-hybridized carbons (Fsp3) is 0.280. The fourth-order valence-corrected chi connectivity index (χ4v) is 4.43. The normalized spacial score (nSPS) is 17.7. The Morgan fingerprint density at radius 2 is 1.97 bits per heavy atom. The van der Waals surface area contributed by atoms with Gasteiger partial charge < -0.3 is 15.8 Å². The molecular formula is C25H26N6O2. The largest absolute Gasteiger partial charge is 0.382 e. The molecule has 8 nitrogen and oxygen atoms in total. The lowest BCUT2D eigenvalue weighted by atomic mass is 9.88. The summed E-state index contributed by atoms with van der Waals surface area (Å²) >= 11 is 0. The van der Waals surface area contributed by atoms with Gasteiger partial charge in [-0.3, -0.25) is 9.20 Å². The number of hydrogen-bond donors (Lipinski definition) is 2. The summed E-state index contributed by atoms with van der Waals surface area (Å²) in [5, 5.41) is 2.80. The van der Waals surface area contributed by atoms with Gasteiger partial charge in [-0.15, -0.1) is 0 Å². The smallest absolute Gasteiger partial charge is 0.256 e. The number of rotatable bonds is 4. The van der Waals surface area contributed by atoms with E-state index in [1.165, 1.54) is 0 Å². The first-order valence-corrected chi connectivity index (χ1v) is 11.0. The van der Waals surface area contributed by atoms with Gasteiger partial charge in [0.2, 0.25) is 0 Å². The summed E-state index contributed by atoms with van der Waals surface area (Å²) in [4.78, 5) is 26.0. The van der Waals surface area contributed by atoms with Gasteiger partial charge in [0.25, 0.3) is 5.91 Å². The molecule has 0 saturated carbocycles. The molecule has 1 saturated heterocycles. The molecule has 1 amide bonds. The average Bonchev–Trinajstić information content (AvgIpc) is 3.20. The summed E-state index contributed by atoms with van der Waals surface area (Å²) in [5.41, 5.74) is 9.04. The van der Waals surface area contributed by atoms with Crippen LogP contribution in [0.25, 0.3) is 16.8 Å². The Kier molecular flexibility index (Phi) is 5.30. The number of anilines is 2. The summed E-state index contributed by atoms with van der Waals surface area (Å²) in [7, 11) is 0. The van der Waals surface area contributed by atoms with E-state index in [0.717, 1.165) is 35.4 Å². The Bertz CT molecular complexity index is 1300. The van der Waals surface area contributed by atoms with E-state index in [4.69, 9.17) is 15.5 Å². The predicted molar refractivity (Wildman–Crippen MR) is 127 cm³/mol. The van der Waals surface area contributed by atoms with Gasteiger partial charge in [0.05, 0.1) is 5.60 Å². The highest BCUT2D eigenvalue weighted by atomic mass is 16.5. The zero-order valence-corrected chi connectivity index (χ0v) is 18.7. The van der Waals surface area contributed by atoms with Crippen LogP contribution in [0.1, 0.15) is 48.8 Å². The molecule has 1 fully saturated rings. The fourth-order valence-electron chi connectivity index (χ4n) is 4.43. The Morgan fingerprint density at radius 3 is 2.70 bits per heavy atom. The molecule has 4 aromatic rings. The van der Waals surface area contributed by atoms with Crippen LogP contribution in [0.3, 0.4) is 0 Å². The molecule has 8 heteroatoms. The number of nitrogens with one attached hydrogen (secondary N) is 1. The van der Waals surface area contributed by atoms with E-state index in [0.29, 0.717) is 23.8 Å². The van der Waals surface area contributed by atoms with Crippen LogP contribution in [0, 0.1) is 0 Å². The second-order valence-electron chi connectivity index (χ2n) is 8.89. The Hall–Kier alpha value is -3.78. The Balaban J connectivity index is 1.49. The summed E-state index contributed by atoms with van der Waals surface area (Å²) in [6, 6.07) is 12.7. The van der Waals surface area contributed by atoms with Crippen LogP contribution < -0.4 is 11.1 Å². The quantitative estimate of drug-likeness (QED) is 0.488. The summed E-state index contributed by atoms with van der Waals surface area (Å²) in [6.07, 6.45) is 7.02. The van der Waals surface area contributed by atoms with Crippen LogP contribution in [-0.2, 0) is 4.74 Å². The second kappa shape index (κ2) is 8.29. The van der Waals surface area contributed by atoms with E-state index in [9.17, 15) is 4.79 Å². The van der Waals surface area contributed by atoms with E-state index in [1.54, 1.807) is 36.7 Å². The molecule has 1 aromatic carbocycles. The van der Waals surface area contributed by atoms with E-state index in [-0.39, 0.29) is 17.4 Å². The molecule has 0 bridgehead atoms. The lowest BCUT2D eigenvalue weighted by Crippen LogP contribution is -2.33.